The number of halogens is 1. The summed E-state index contributed by atoms with van der Waals surface area (Å²) in [5.41, 5.74) is 0. The van der Waals surface area contributed by atoms with Gasteiger partial charge in [0.2, 0.25) is 11.7 Å². The van der Waals surface area contributed by atoms with Crippen LogP contribution in [0.1, 0.15) is 69.5 Å². The van der Waals surface area contributed by atoms with Crippen molar-refractivity contribution in [2.45, 2.75) is 70.1 Å². The molecule has 166 valence electrons. The average molecular weight is 447 g/mol. The number of Topliss-reactive ketones (excluding diaryl/α,β-unsaturated/α-hetero) is 1. The Morgan fingerprint density at radius 1 is 1.21 bits per heavy atom. The number of carbonyl (C=O) groups is 2. The van der Waals surface area contributed by atoms with Gasteiger partial charge < -0.3 is 14.6 Å². The molecule has 1 aromatic rings. The van der Waals surface area contributed by atoms with Crippen molar-refractivity contribution in [1.29, 1.82) is 0 Å². The van der Waals surface area contributed by atoms with E-state index in [-0.39, 0.29) is 41.8 Å². The van der Waals surface area contributed by atoms with E-state index >= 15 is 0 Å². The molecular formula is C20H35ClN4O3S. The summed E-state index contributed by atoms with van der Waals surface area (Å²) >= 11 is 1.43. The predicted molar refractivity (Wildman–Crippen MR) is 118 cm³/mol. The van der Waals surface area contributed by atoms with Gasteiger partial charge in [-0.2, -0.15) is 0 Å². The highest BCUT2D eigenvalue weighted by Crippen LogP contribution is 2.24. The third kappa shape index (κ3) is 8.26. The second kappa shape index (κ2) is 13.2. The summed E-state index contributed by atoms with van der Waals surface area (Å²) in [4.78, 5) is 27.9. The summed E-state index contributed by atoms with van der Waals surface area (Å²) in [6.07, 6.45) is 7.12. The Kier molecular flexibility index (Phi) is 11.8. The molecule has 1 amide bonds. The highest BCUT2D eigenvalue weighted by Gasteiger charge is 2.32. The van der Waals surface area contributed by atoms with Crippen LogP contribution >= 0.6 is 24.2 Å². The molecule has 1 unspecified atom stereocenters. The van der Waals surface area contributed by atoms with Crippen LogP contribution in [-0.2, 0) is 4.79 Å². The molecule has 0 radical (unpaired) electrons. The zero-order chi connectivity index (χ0) is 20.5. The van der Waals surface area contributed by atoms with E-state index in [4.69, 9.17) is 4.42 Å². The van der Waals surface area contributed by atoms with E-state index in [0.29, 0.717) is 5.22 Å². The van der Waals surface area contributed by atoms with Gasteiger partial charge in [-0.3, -0.25) is 9.59 Å². The van der Waals surface area contributed by atoms with Crippen LogP contribution in [-0.4, -0.2) is 59.2 Å². The Hall–Kier alpha value is -1.12. The second-order valence-electron chi connectivity index (χ2n) is 7.95. The van der Waals surface area contributed by atoms with E-state index in [1.165, 1.54) is 24.6 Å². The first kappa shape index (κ1) is 25.9. The summed E-state index contributed by atoms with van der Waals surface area (Å²) in [6, 6.07) is -0.624. The largest absolute Gasteiger partial charge is 0.408 e. The highest BCUT2D eigenvalue weighted by molar-refractivity contribution is 7.99. The predicted octanol–water partition coefficient (Wildman–Crippen LogP) is 3.83. The Balaban J connectivity index is 0.00000420. The number of hydrogen-bond acceptors (Lipinski definition) is 7. The standard InChI is InChI=1S/C20H34N4O3S.ClH/c1-5-14(2)16(21-18(26)15-10-8-6-7-9-11-15)17(25)19-22-23-20(27-19)28-13-12-24(3)4;/h14-16H,5-13H2,1-4H3,(H,21,26);1H/t14-,16?;/m0./s1. The molecule has 0 aromatic carbocycles. The molecule has 1 aromatic heterocycles. The average Bonchev–Trinajstić information content (AvgIpc) is 2.97. The van der Waals surface area contributed by atoms with Gasteiger partial charge in [0, 0.05) is 18.2 Å². The number of carbonyl (C=O) groups excluding carboxylic acids is 2. The van der Waals surface area contributed by atoms with Crippen LogP contribution in [0.3, 0.4) is 0 Å². The molecule has 1 heterocycles. The first-order valence-corrected chi connectivity index (χ1v) is 11.4. The molecule has 1 N–H and O–H groups in total. The zero-order valence-electron chi connectivity index (χ0n) is 18.0. The smallest absolute Gasteiger partial charge is 0.286 e. The van der Waals surface area contributed by atoms with Gasteiger partial charge in [0.1, 0.15) is 0 Å². The molecule has 1 aliphatic rings. The van der Waals surface area contributed by atoms with Crippen molar-refractivity contribution in [2.24, 2.45) is 11.8 Å². The number of nitrogens with one attached hydrogen (secondary N) is 1. The summed E-state index contributed by atoms with van der Waals surface area (Å²) in [7, 11) is 3.99. The van der Waals surface area contributed by atoms with Gasteiger partial charge in [0.25, 0.3) is 11.1 Å². The minimum Gasteiger partial charge on any atom is -0.408 e. The van der Waals surface area contributed by atoms with Crippen molar-refractivity contribution < 1.29 is 14.0 Å². The number of aromatic nitrogens is 2. The van der Waals surface area contributed by atoms with E-state index in [2.05, 4.69) is 20.4 Å². The Labute approximate surface area is 184 Å². The van der Waals surface area contributed by atoms with Gasteiger partial charge in [-0.1, -0.05) is 57.7 Å². The van der Waals surface area contributed by atoms with Crippen molar-refractivity contribution in [3.8, 4) is 0 Å². The molecule has 2 rings (SSSR count). The van der Waals surface area contributed by atoms with Crippen LogP contribution < -0.4 is 5.32 Å². The fraction of sp³-hybridized carbons (Fsp3) is 0.800. The molecule has 1 fully saturated rings. The molecule has 1 saturated carbocycles. The highest BCUT2D eigenvalue weighted by atomic mass is 35.5. The number of hydrogen-bond donors (Lipinski definition) is 1. The van der Waals surface area contributed by atoms with Crippen molar-refractivity contribution in [2.75, 3.05) is 26.4 Å². The van der Waals surface area contributed by atoms with Crippen LogP contribution in [0.25, 0.3) is 0 Å². The lowest BCUT2D eigenvalue weighted by Crippen LogP contribution is -2.47. The summed E-state index contributed by atoms with van der Waals surface area (Å²) in [5, 5.41) is 11.3. The number of rotatable bonds is 10. The van der Waals surface area contributed by atoms with Crippen molar-refractivity contribution in [3.05, 3.63) is 5.89 Å². The number of amides is 1. The van der Waals surface area contributed by atoms with Crippen molar-refractivity contribution in [1.82, 2.24) is 20.4 Å². The lowest BCUT2D eigenvalue weighted by molar-refractivity contribution is -0.126. The molecule has 1 aliphatic carbocycles. The summed E-state index contributed by atoms with van der Waals surface area (Å²) in [6.45, 7) is 4.86. The summed E-state index contributed by atoms with van der Waals surface area (Å²) < 4.78 is 5.57. The summed E-state index contributed by atoms with van der Waals surface area (Å²) in [5.74, 6) is 0.485. The van der Waals surface area contributed by atoms with Crippen LogP contribution in [0.5, 0.6) is 0 Å². The van der Waals surface area contributed by atoms with E-state index in [1.54, 1.807) is 0 Å². The fourth-order valence-electron chi connectivity index (χ4n) is 3.33. The molecule has 0 bridgehead atoms. The van der Waals surface area contributed by atoms with E-state index < -0.39 is 6.04 Å². The maximum absolute atomic E-state index is 13.0. The van der Waals surface area contributed by atoms with Crippen LogP contribution in [0.15, 0.2) is 9.64 Å². The number of thioether (sulfide) groups is 1. The van der Waals surface area contributed by atoms with E-state index in [1.807, 2.05) is 27.9 Å². The quantitative estimate of drug-likeness (QED) is 0.332. The topological polar surface area (TPSA) is 88.3 Å². The SMILES string of the molecule is CC[C@H](C)C(NC(=O)C1CCCCCC1)C(=O)c1nnc(SCCN(C)C)o1.Cl. The normalized spacial score (nSPS) is 17.3. The zero-order valence-corrected chi connectivity index (χ0v) is 19.6. The van der Waals surface area contributed by atoms with Gasteiger partial charge in [0.05, 0.1) is 6.04 Å². The maximum Gasteiger partial charge on any atom is 0.286 e. The third-order valence-electron chi connectivity index (χ3n) is 5.40. The fourth-order valence-corrected chi connectivity index (χ4v) is 4.20. The van der Waals surface area contributed by atoms with Crippen molar-refractivity contribution in [3.63, 3.8) is 0 Å². The molecule has 0 spiro atoms. The molecular weight excluding hydrogens is 412 g/mol. The lowest BCUT2D eigenvalue weighted by atomic mass is 9.93. The van der Waals surface area contributed by atoms with Crippen LogP contribution in [0.4, 0.5) is 0 Å². The van der Waals surface area contributed by atoms with E-state index in [0.717, 1.165) is 44.4 Å². The first-order chi connectivity index (χ1) is 13.4. The van der Waals surface area contributed by atoms with Crippen molar-refractivity contribution >= 4 is 35.9 Å². The van der Waals surface area contributed by atoms with E-state index in [9.17, 15) is 9.59 Å². The van der Waals surface area contributed by atoms with Gasteiger partial charge in [-0.05, 0) is 32.9 Å². The first-order valence-electron chi connectivity index (χ1n) is 10.4. The molecule has 7 nitrogen and oxygen atoms in total. The second-order valence-corrected chi connectivity index (χ2v) is 9.00. The minimum atomic E-state index is -0.624. The van der Waals surface area contributed by atoms with Gasteiger partial charge in [-0.25, -0.2) is 0 Å². The van der Waals surface area contributed by atoms with Gasteiger partial charge >= 0.3 is 0 Å². The molecule has 9 heteroatoms. The Morgan fingerprint density at radius 3 is 2.45 bits per heavy atom. The monoisotopic (exact) mass is 446 g/mol. The molecule has 2 atom stereocenters. The molecule has 29 heavy (non-hydrogen) atoms. The number of ketones is 1. The Bertz CT molecular complexity index is 633. The molecule has 0 saturated heterocycles. The Morgan fingerprint density at radius 2 is 1.86 bits per heavy atom. The third-order valence-corrected chi connectivity index (χ3v) is 6.20. The minimum absolute atomic E-state index is 0. The van der Waals surface area contributed by atoms with Gasteiger partial charge in [-0.15, -0.1) is 22.6 Å². The van der Waals surface area contributed by atoms with Crippen LogP contribution in [0, 0.1) is 11.8 Å². The maximum atomic E-state index is 13.0. The number of nitrogens with zero attached hydrogens (tertiary/aromatic N) is 3. The lowest BCUT2D eigenvalue weighted by Gasteiger charge is -2.24. The molecule has 0 aliphatic heterocycles. The van der Waals surface area contributed by atoms with Gasteiger partial charge in [0.15, 0.2) is 0 Å². The van der Waals surface area contributed by atoms with Crippen LogP contribution in [0.2, 0.25) is 0 Å².